The van der Waals surface area contributed by atoms with Crippen LogP contribution in [-0.2, 0) is 0 Å². The lowest BCUT2D eigenvalue weighted by Crippen LogP contribution is -2.02. The van der Waals surface area contributed by atoms with Crippen LogP contribution < -0.4 is 0 Å². The summed E-state index contributed by atoms with van der Waals surface area (Å²) in [5, 5.41) is 4.56. The van der Waals surface area contributed by atoms with E-state index in [2.05, 4.69) is 281 Å². The summed E-state index contributed by atoms with van der Waals surface area (Å²) in [6, 6.07) is 99.0. The summed E-state index contributed by atoms with van der Waals surface area (Å²) in [6.45, 7) is 9.26. The topological polar surface area (TPSA) is 27.1 Å². The Bertz CT molecular complexity index is 4510. The fourth-order valence-corrected chi connectivity index (χ4v) is 11.7. The first-order valence-corrected chi connectivity index (χ1v) is 25.7. The molecule has 0 N–H and O–H groups in total. The van der Waals surface area contributed by atoms with E-state index in [-0.39, 0.29) is 0 Å². The standard InChI is InChI=1S/C72H46N4/c1-73-64-46-53(75-65-40-20-18-36-60(65)71-58(38-22-42-67(71)75)56-34-16-14-32-54(56)48-24-6-2-7-25-48)47-69(70(64)52-44-62(50-28-10-4-11-29-50)74-63(45-52)51-30-12-5-13-31-51)76-66-41-21-19-37-61(66)72-59(39-23-43-68(72)76)57-35-17-15-33-55(57)49-26-8-3-9-27-49/h2-47H. The van der Waals surface area contributed by atoms with Gasteiger partial charge in [-0.05, 0) is 98.6 Å². The van der Waals surface area contributed by atoms with Crippen molar-refractivity contribution in [1.29, 1.82) is 0 Å². The minimum atomic E-state index is 0.532. The largest absolute Gasteiger partial charge is 0.310 e. The second kappa shape index (κ2) is 18.6. The van der Waals surface area contributed by atoms with E-state index in [0.717, 1.165) is 116 Å². The van der Waals surface area contributed by atoms with Crippen LogP contribution in [0.25, 0.3) is 138 Å². The first kappa shape index (κ1) is 44.4. The van der Waals surface area contributed by atoms with E-state index in [1.54, 1.807) is 0 Å². The number of hydrogen-bond donors (Lipinski definition) is 0. The van der Waals surface area contributed by atoms with Crippen molar-refractivity contribution < 1.29 is 0 Å². The van der Waals surface area contributed by atoms with Crippen molar-refractivity contribution in [3.8, 4) is 89.5 Å². The highest BCUT2D eigenvalue weighted by Crippen LogP contribution is 2.48. The molecule has 4 nitrogen and oxygen atoms in total. The minimum absolute atomic E-state index is 0.532. The Hall–Kier alpha value is -10.3. The third kappa shape index (κ3) is 7.41. The molecule has 3 aromatic heterocycles. The summed E-state index contributed by atoms with van der Waals surface area (Å²) < 4.78 is 4.78. The lowest BCUT2D eigenvalue weighted by Gasteiger charge is -2.20. The predicted octanol–water partition coefficient (Wildman–Crippen LogP) is 19.5. The fourth-order valence-electron chi connectivity index (χ4n) is 11.7. The van der Waals surface area contributed by atoms with Crippen LogP contribution in [0.5, 0.6) is 0 Å². The zero-order valence-corrected chi connectivity index (χ0v) is 41.3. The Morgan fingerprint density at radius 2 is 0.684 bits per heavy atom. The smallest absolute Gasteiger partial charge is 0.199 e. The molecule has 0 aliphatic carbocycles. The molecule has 0 amide bonds. The maximum atomic E-state index is 9.26. The molecular formula is C72H46N4. The van der Waals surface area contributed by atoms with Crippen LogP contribution in [0.1, 0.15) is 0 Å². The van der Waals surface area contributed by atoms with Crippen molar-refractivity contribution in [2.24, 2.45) is 0 Å². The molecule has 0 aliphatic heterocycles. The number of pyridine rings is 1. The van der Waals surface area contributed by atoms with Gasteiger partial charge in [-0.15, -0.1) is 0 Å². The summed E-state index contributed by atoms with van der Waals surface area (Å²) in [5.41, 5.74) is 21.2. The van der Waals surface area contributed by atoms with Crippen LogP contribution in [0, 0.1) is 6.57 Å². The van der Waals surface area contributed by atoms with Crippen molar-refractivity contribution in [2.45, 2.75) is 0 Å². The number of nitrogens with zero attached hydrogens (tertiary/aromatic N) is 4. The molecule has 0 spiro atoms. The minimum Gasteiger partial charge on any atom is -0.310 e. The van der Waals surface area contributed by atoms with Crippen molar-refractivity contribution >= 4 is 49.3 Å². The van der Waals surface area contributed by atoms with E-state index in [4.69, 9.17) is 4.98 Å². The highest BCUT2D eigenvalue weighted by molar-refractivity contribution is 6.19. The third-order valence-corrected chi connectivity index (χ3v) is 15.0. The lowest BCUT2D eigenvalue weighted by atomic mass is 9.92. The van der Waals surface area contributed by atoms with E-state index in [9.17, 15) is 6.57 Å². The van der Waals surface area contributed by atoms with E-state index >= 15 is 0 Å². The van der Waals surface area contributed by atoms with Crippen LogP contribution in [0.3, 0.4) is 0 Å². The second-order valence-corrected chi connectivity index (χ2v) is 19.3. The molecule has 354 valence electrons. The van der Waals surface area contributed by atoms with Crippen LogP contribution in [0.2, 0.25) is 0 Å². The first-order valence-electron chi connectivity index (χ1n) is 25.7. The lowest BCUT2D eigenvalue weighted by molar-refractivity contribution is 1.14. The molecule has 4 heteroatoms. The predicted molar refractivity (Wildman–Crippen MR) is 317 cm³/mol. The molecule has 14 rings (SSSR count). The molecule has 0 aliphatic rings. The molecule has 76 heavy (non-hydrogen) atoms. The van der Waals surface area contributed by atoms with Gasteiger partial charge in [-0.25, -0.2) is 9.83 Å². The number of para-hydroxylation sites is 2. The summed E-state index contributed by atoms with van der Waals surface area (Å²) in [4.78, 5) is 9.86. The molecule has 0 bridgehead atoms. The van der Waals surface area contributed by atoms with Crippen LogP contribution in [0.15, 0.2) is 279 Å². The zero-order chi connectivity index (χ0) is 50.5. The third-order valence-electron chi connectivity index (χ3n) is 15.0. The summed E-state index contributed by atoms with van der Waals surface area (Å²) in [6.07, 6.45) is 0. The van der Waals surface area contributed by atoms with Gasteiger partial charge in [-0.1, -0.05) is 231 Å². The van der Waals surface area contributed by atoms with Crippen LogP contribution in [0.4, 0.5) is 5.69 Å². The van der Waals surface area contributed by atoms with Crippen molar-refractivity contribution in [1.82, 2.24) is 14.1 Å². The van der Waals surface area contributed by atoms with Crippen LogP contribution in [-0.4, -0.2) is 14.1 Å². The van der Waals surface area contributed by atoms with Crippen LogP contribution >= 0.6 is 0 Å². The van der Waals surface area contributed by atoms with E-state index in [1.807, 2.05) is 12.1 Å². The molecule has 0 saturated carbocycles. The summed E-state index contributed by atoms with van der Waals surface area (Å²) in [7, 11) is 0. The molecule has 0 fully saturated rings. The average Bonchev–Trinajstić information content (AvgIpc) is 4.03. The van der Waals surface area contributed by atoms with E-state index in [1.165, 1.54) is 16.7 Å². The highest BCUT2D eigenvalue weighted by atomic mass is 15.0. The van der Waals surface area contributed by atoms with Gasteiger partial charge < -0.3 is 9.13 Å². The van der Waals surface area contributed by atoms with Gasteiger partial charge in [-0.2, -0.15) is 0 Å². The van der Waals surface area contributed by atoms with Gasteiger partial charge in [0.2, 0.25) is 0 Å². The molecule has 0 unspecified atom stereocenters. The van der Waals surface area contributed by atoms with Gasteiger partial charge in [0.1, 0.15) is 0 Å². The van der Waals surface area contributed by atoms with E-state index < -0.39 is 0 Å². The van der Waals surface area contributed by atoms with Gasteiger partial charge in [-0.3, -0.25) is 0 Å². The fraction of sp³-hybridized carbons (Fsp3) is 0. The Morgan fingerprint density at radius 1 is 0.303 bits per heavy atom. The van der Waals surface area contributed by atoms with Crippen molar-refractivity contribution in [2.75, 3.05) is 0 Å². The number of aromatic nitrogens is 3. The molecule has 0 radical (unpaired) electrons. The SMILES string of the molecule is [C-]#[N+]c1cc(-n2c3ccccc3c3c(-c4ccccc4-c4ccccc4)cccc32)cc(-n2c3ccccc3c3c(-c4ccccc4-c4ccccc4)cccc32)c1-c1cc(-c2ccccc2)nc(-c2ccccc2)c1. The maximum absolute atomic E-state index is 9.26. The number of benzene rings is 11. The highest BCUT2D eigenvalue weighted by Gasteiger charge is 2.26. The summed E-state index contributed by atoms with van der Waals surface area (Å²) in [5.74, 6) is 0. The number of rotatable bonds is 9. The van der Waals surface area contributed by atoms with E-state index in [0.29, 0.717) is 5.69 Å². The first-order chi connectivity index (χ1) is 37.7. The van der Waals surface area contributed by atoms with Gasteiger partial charge in [0.25, 0.3) is 0 Å². The molecule has 11 aromatic carbocycles. The van der Waals surface area contributed by atoms with Gasteiger partial charge in [0.05, 0.1) is 40.0 Å². The Kier molecular flexibility index (Phi) is 10.9. The Labute approximate surface area is 441 Å². The van der Waals surface area contributed by atoms with Gasteiger partial charge in [0.15, 0.2) is 5.69 Å². The van der Waals surface area contributed by atoms with Gasteiger partial charge >= 0.3 is 0 Å². The quantitative estimate of drug-likeness (QED) is 0.132. The summed E-state index contributed by atoms with van der Waals surface area (Å²) >= 11 is 0. The number of fused-ring (bicyclic) bond motifs is 6. The molecule has 3 heterocycles. The van der Waals surface area contributed by atoms with Crippen molar-refractivity contribution in [3.63, 3.8) is 0 Å². The monoisotopic (exact) mass is 966 g/mol. The molecular weight excluding hydrogens is 921 g/mol. The Balaban J connectivity index is 1.10. The molecule has 14 aromatic rings. The molecule has 0 saturated heterocycles. The molecule has 0 atom stereocenters. The average molecular weight is 967 g/mol. The second-order valence-electron chi connectivity index (χ2n) is 19.3. The number of hydrogen-bond acceptors (Lipinski definition) is 1. The zero-order valence-electron chi connectivity index (χ0n) is 41.3. The Morgan fingerprint density at radius 3 is 1.17 bits per heavy atom. The van der Waals surface area contributed by atoms with Gasteiger partial charge in [0, 0.05) is 49.6 Å². The maximum Gasteiger partial charge on any atom is 0.199 e. The van der Waals surface area contributed by atoms with Crippen molar-refractivity contribution in [3.05, 3.63) is 290 Å². The normalized spacial score (nSPS) is 11.4.